The van der Waals surface area contributed by atoms with Gasteiger partial charge in [0.25, 0.3) is 0 Å². The van der Waals surface area contributed by atoms with E-state index in [4.69, 9.17) is 5.11 Å². The van der Waals surface area contributed by atoms with Gasteiger partial charge >= 0.3 is 0 Å². The Hall–Kier alpha value is -1.89. The molecule has 0 aliphatic rings. The third-order valence-electron chi connectivity index (χ3n) is 2.97. The van der Waals surface area contributed by atoms with Crippen molar-refractivity contribution in [3.05, 3.63) is 22.1 Å². The van der Waals surface area contributed by atoms with Gasteiger partial charge in [0, 0.05) is 11.9 Å². The maximum absolute atomic E-state index is 12.1. The van der Waals surface area contributed by atoms with Crippen LogP contribution < -0.4 is 16.3 Å². The molecule has 2 rings (SSSR count). The van der Waals surface area contributed by atoms with E-state index in [1.165, 1.54) is 4.57 Å². The lowest BCUT2D eigenvalue weighted by Crippen LogP contribution is -2.36. The van der Waals surface area contributed by atoms with Crippen molar-refractivity contribution in [3.8, 4) is 0 Å². The molecule has 0 spiro atoms. The van der Waals surface area contributed by atoms with E-state index in [1.807, 2.05) is 13.8 Å². The molecule has 0 bridgehead atoms. The van der Waals surface area contributed by atoms with E-state index in [-0.39, 0.29) is 18.7 Å². The van der Waals surface area contributed by atoms with E-state index in [0.717, 1.165) is 11.1 Å². The summed E-state index contributed by atoms with van der Waals surface area (Å²) in [4.78, 5) is 20.9. The zero-order valence-electron chi connectivity index (χ0n) is 11.4. The van der Waals surface area contributed by atoms with Crippen molar-refractivity contribution >= 4 is 30.3 Å². The van der Waals surface area contributed by atoms with Crippen LogP contribution in [0.4, 0.5) is 5.95 Å². The van der Waals surface area contributed by atoms with Gasteiger partial charge in [0.1, 0.15) is 13.5 Å². The summed E-state index contributed by atoms with van der Waals surface area (Å²) < 4.78 is 1.50. The number of aromatic nitrogens is 3. The number of rotatable bonds is 4. The van der Waals surface area contributed by atoms with Gasteiger partial charge in [0.2, 0.25) is 11.5 Å². The van der Waals surface area contributed by atoms with Gasteiger partial charge in [-0.1, -0.05) is 6.07 Å². The summed E-state index contributed by atoms with van der Waals surface area (Å²) in [6.45, 7) is 4.69. The maximum atomic E-state index is 12.1. The number of pyridine rings is 1. The summed E-state index contributed by atoms with van der Waals surface area (Å²) in [5.41, 5.74) is 1.88. The van der Waals surface area contributed by atoms with Crippen LogP contribution in [0.15, 0.2) is 10.9 Å². The second-order valence-corrected chi connectivity index (χ2v) is 4.41. The van der Waals surface area contributed by atoms with Crippen molar-refractivity contribution in [1.29, 1.82) is 0 Å². The first kappa shape index (κ1) is 13.5. The monoisotopic (exact) mass is 260 g/mol. The predicted octanol–water partition coefficient (Wildman–Crippen LogP) is -1.22. The zero-order chi connectivity index (χ0) is 14.0. The van der Waals surface area contributed by atoms with E-state index in [9.17, 15) is 4.79 Å². The third kappa shape index (κ3) is 2.46. The molecule has 2 heterocycles. The van der Waals surface area contributed by atoms with E-state index in [0.29, 0.717) is 23.6 Å². The molecule has 0 aliphatic carbocycles. The average molecular weight is 260 g/mol. The first-order valence-electron chi connectivity index (χ1n) is 6.32. The number of fused-ring (bicyclic) bond motifs is 1. The lowest BCUT2D eigenvalue weighted by atomic mass is 9.96. The van der Waals surface area contributed by atoms with E-state index in [1.54, 1.807) is 13.9 Å². The van der Waals surface area contributed by atoms with Gasteiger partial charge in [0.15, 0.2) is 0 Å². The van der Waals surface area contributed by atoms with Crippen LogP contribution >= 0.6 is 0 Å². The van der Waals surface area contributed by atoms with Crippen LogP contribution in [0.1, 0.15) is 12.6 Å². The van der Waals surface area contributed by atoms with Crippen LogP contribution in [-0.2, 0) is 6.54 Å². The highest BCUT2D eigenvalue weighted by Gasteiger charge is 2.11. The fraction of sp³-hybridized carbons (Fsp3) is 0.417. The maximum Gasteiger partial charge on any atom is 0.245 e. The molecule has 0 aliphatic heterocycles. The SMILES string of the molecule is Bc1cc2c(C)nc(NCC)nc2n(CCO)c1=O. The molecule has 0 aromatic carbocycles. The van der Waals surface area contributed by atoms with Crippen molar-refractivity contribution < 1.29 is 5.11 Å². The molecule has 0 radical (unpaired) electrons. The predicted molar refractivity (Wildman–Crippen MR) is 78.0 cm³/mol. The first-order chi connectivity index (χ1) is 9.08. The number of nitrogens with zero attached hydrogens (tertiary/aromatic N) is 3. The number of hydrogen-bond acceptors (Lipinski definition) is 5. The number of anilines is 1. The third-order valence-corrected chi connectivity index (χ3v) is 2.97. The molecular formula is C12H17BN4O2. The Bertz CT molecular complexity index is 669. The molecule has 100 valence electrons. The minimum atomic E-state index is -0.123. The fourth-order valence-corrected chi connectivity index (χ4v) is 2.07. The minimum Gasteiger partial charge on any atom is -0.395 e. The molecule has 2 aromatic rings. The van der Waals surface area contributed by atoms with Crippen molar-refractivity contribution in [2.75, 3.05) is 18.5 Å². The Labute approximate surface area is 111 Å². The van der Waals surface area contributed by atoms with Crippen molar-refractivity contribution in [1.82, 2.24) is 14.5 Å². The number of aliphatic hydroxyl groups is 1. The molecule has 19 heavy (non-hydrogen) atoms. The summed E-state index contributed by atoms with van der Waals surface area (Å²) >= 11 is 0. The quantitative estimate of drug-likeness (QED) is 0.674. The number of hydrogen-bond donors (Lipinski definition) is 2. The van der Waals surface area contributed by atoms with E-state index >= 15 is 0 Å². The van der Waals surface area contributed by atoms with Crippen LogP contribution in [0.3, 0.4) is 0 Å². The van der Waals surface area contributed by atoms with Gasteiger partial charge in [-0.05, 0) is 19.3 Å². The van der Waals surface area contributed by atoms with Crippen molar-refractivity contribution in [3.63, 3.8) is 0 Å². The highest BCUT2D eigenvalue weighted by atomic mass is 16.3. The van der Waals surface area contributed by atoms with E-state index < -0.39 is 0 Å². The molecule has 2 N–H and O–H groups in total. The molecule has 6 nitrogen and oxygen atoms in total. The summed E-state index contributed by atoms with van der Waals surface area (Å²) in [5, 5.41) is 13.0. The first-order valence-corrected chi connectivity index (χ1v) is 6.32. The summed E-state index contributed by atoms with van der Waals surface area (Å²) in [6.07, 6.45) is 0. The number of aryl methyl sites for hydroxylation is 1. The topological polar surface area (TPSA) is 80.0 Å². The summed E-state index contributed by atoms with van der Waals surface area (Å²) in [6, 6.07) is 1.80. The standard InChI is InChI=1S/C12H17BN4O2/c1-3-14-12-15-7(2)8-6-9(13)11(19)17(4-5-18)10(8)16-12/h6,18H,3-5,13H2,1-2H3,(H,14,15,16). The Balaban J connectivity index is 2.80. The Morgan fingerprint density at radius 2 is 2.21 bits per heavy atom. The Morgan fingerprint density at radius 1 is 1.47 bits per heavy atom. The van der Waals surface area contributed by atoms with Crippen molar-refractivity contribution in [2.45, 2.75) is 20.4 Å². The lowest BCUT2D eigenvalue weighted by molar-refractivity contribution is 0.276. The summed E-state index contributed by atoms with van der Waals surface area (Å²) in [5.74, 6) is 0.502. The second-order valence-electron chi connectivity index (χ2n) is 4.41. The molecular weight excluding hydrogens is 243 g/mol. The fourth-order valence-electron chi connectivity index (χ4n) is 2.07. The zero-order valence-corrected chi connectivity index (χ0v) is 11.4. The van der Waals surface area contributed by atoms with Gasteiger partial charge in [-0.15, -0.1) is 0 Å². The minimum absolute atomic E-state index is 0.0992. The van der Waals surface area contributed by atoms with Crippen LogP contribution in [-0.4, -0.2) is 40.6 Å². The van der Waals surface area contributed by atoms with Crippen LogP contribution in [0, 0.1) is 6.92 Å². The average Bonchev–Trinajstić information content (AvgIpc) is 2.37. The molecule has 0 fully saturated rings. The Kier molecular flexibility index (Phi) is 3.85. The summed E-state index contributed by atoms with van der Waals surface area (Å²) in [7, 11) is 1.76. The van der Waals surface area contributed by atoms with Crippen LogP contribution in [0.2, 0.25) is 0 Å². The molecule has 0 atom stereocenters. The van der Waals surface area contributed by atoms with E-state index in [2.05, 4.69) is 15.3 Å². The van der Waals surface area contributed by atoms with Gasteiger partial charge in [0.05, 0.1) is 18.8 Å². The smallest absolute Gasteiger partial charge is 0.245 e. The number of nitrogens with one attached hydrogen (secondary N) is 1. The largest absolute Gasteiger partial charge is 0.395 e. The van der Waals surface area contributed by atoms with Crippen LogP contribution in [0.25, 0.3) is 11.0 Å². The molecule has 7 heteroatoms. The van der Waals surface area contributed by atoms with Gasteiger partial charge in [-0.25, -0.2) is 4.98 Å². The highest BCUT2D eigenvalue weighted by molar-refractivity contribution is 6.32. The molecule has 0 unspecified atom stereocenters. The van der Waals surface area contributed by atoms with Crippen LogP contribution in [0.5, 0.6) is 0 Å². The molecule has 0 amide bonds. The normalized spacial score (nSPS) is 10.9. The Morgan fingerprint density at radius 3 is 2.84 bits per heavy atom. The van der Waals surface area contributed by atoms with Gasteiger partial charge in [-0.2, -0.15) is 4.98 Å². The highest BCUT2D eigenvalue weighted by Crippen LogP contribution is 2.14. The van der Waals surface area contributed by atoms with Gasteiger partial charge in [-0.3, -0.25) is 9.36 Å². The number of aliphatic hydroxyl groups excluding tert-OH is 1. The molecule has 2 aromatic heterocycles. The molecule has 0 saturated carbocycles. The lowest BCUT2D eigenvalue weighted by Gasteiger charge is -2.12. The van der Waals surface area contributed by atoms with Gasteiger partial charge < -0.3 is 10.4 Å². The second kappa shape index (κ2) is 5.40. The van der Waals surface area contributed by atoms with Crippen molar-refractivity contribution in [2.24, 2.45) is 0 Å². The molecule has 0 saturated heterocycles.